The fraction of sp³-hybridized carbons (Fsp3) is 1.00. The van der Waals surface area contributed by atoms with Crippen LogP contribution in [0.4, 0.5) is 52.7 Å². The zero-order valence-corrected chi connectivity index (χ0v) is 11.3. The van der Waals surface area contributed by atoms with Gasteiger partial charge in [-0.25, -0.2) is 0 Å². The van der Waals surface area contributed by atoms with Gasteiger partial charge in [0.1, 0.15) is 0 Å². The second-order valence-electron chi connectivity index (χ2n) is 4.67. The molecule has 0 bridgehead atoms. The molecule has 0 radical (unpaired) electrons. The van der Waals surface area contributed by atoms with Gasteiger partial charge in [0.25, 0.3) is 0 Å². The summed E-state index contributed by atoms with van der Waals surface area (Å²) in [7, 11) is 0. The zero-order chi connectivity index (χ0) is 19.0. The zero-order valence-electron chi connectivity index (χ0n) is 11.3. The molecular formula is C10H10F12O. The normalized spacial score (nSPS) is 17.7. The maximum Gasteiger partial charge on any atom is 0.403 e. The lowest BCUT2D eigenvalue weighted by Crippen LogP contribution is -2.50. The molecule has 0 aliphatic carbocycles. The van der Waals surface area contributed by atoms with Gasteiger partial charge in [0.05, 0.1) is 12.2 Å². The van der Waals surface area contributed by atoms with Crippen molar-refractivity contribution in [1.82, 2.24) is 0 Å². The van der Waals surface area contributed by atoms with Crippen LogP contribution in [0.3, 0.4) is 0 Å². The van der Waals surface area contributed by atoms with Crippen LogP contribution in [0, 0.1) is 11.8 Å². The molecular weight excluding hydrogens is 364 g/mol. The van der Waals surface area contributed by atoms with Gasteiger partial charge in [-0.2, -0.15) is 52.7 Å². The minimum atomic E-state index is -5.96. The first-order chi connectivity index (χ1) is 9.79. The lowest BCUT2D eigenvalue weighted by molar-refractivity contribution is -0.334. The van der Waals surface area contributed by atoms with E-state index in [4.69, 9.17) is 0 Å². The summed E-state index contributed by atoms with van der Waals surface area (Å²) in [4.78, 5) is 0. The Bertz CT molecular complexity index is 311. The van der Waals surface area contributed by atoms with Gasteiger partial charge in [-0.15, -0.1) is 0 Å². The largest absolute Gasteiger partial charge is 0.403 e. The molecule has 13 heteroatoms. The molecule has 23 heavy (non-hydrogen) atoms. The molecule has 0 aromatic carbocycles. The Morgan fingerprint density at radius 2 is 0.652 bits per heavy atom. The van der Waals surface area contributed by atoms with E-state index in [1.54, 1.807) is 0 Å². The molecule has 140 valence electrons. The van der Waals surface area contributed by atoms with Gasteiger partial charge in [-0.05, 0) is 13.8 Å². The molecule has 2 unspecified atom stereocenters. The highest BCUT2D eigenvalue weighted by Gasteiger charge is 2.63. The second kappa shape index (κ2) is 6.55. The standard InChI is InChI=1S/C10H10F12O/c1-3(5(7(11,12)13)8(14,15)16)23-4(2)6(9(17,18)19)10(20,21)22/h3-6H,1-2H3. The highest BCUT2D eigenvalue weighted by atomic mass is 19.4. The molecule has 0 spiro atoms. The van der Waals surface area contributed by atoms with Crippen molar-refractivity contribution in [3.63, 3.8) is 0 Å². The van der Waals surface area contributed by atoms with Crippen LogP contribution < -0.4 is 0 Å². The van der Waals surface area contributed by atoms with Crippen LogP contribution in [0.5, 0.6) is 0 Å². The van der Waals surface area contributed by atoms with Crippen molar-refractivity contribution in [2.75, 3.05) is 0 Å². The molecule has 0 heterocycles. The Labute approximate surface area is 121 Å². The summed E-state index contributed by atoms with van der Waals surface area (Å²) in [5, 5.41) is 0. The summed E-state index contributed by atoms with van der Waals surface area (Å²) < 4.78 is 152. The first-order valence-electron chi connectivity index (χ1n) is 5.72. The minimum absolute atomic E-state index is 0.103. The molecule has 0 amide bonds. The van der Waals surface area contributed by atoms with Crippen molar-refractivity contribution in [2.45, 2.75) is 50.8 Å². The molecule has 0 rings (SSSR count). The number of hydrogen-bond acceptors (Lipinski definition) is 1. The third-order valence-corrected chi connectivity index (χ3v) is 2.78. The quantitative estimate of drug-likeness (QED) is 0.610. The van der Waals surface area contributed by atoms with Crippen molar-refractivity contribution < 1.29 is 57.4 Å². The van der Waals surface area contributed by atoms with Crippen LogP contribution >= 0.6 is 0 Å². The van der Waals surface area contributed by atoms with Crippen molar-refractivity contribution in [3.8, 4) is 0 Å². The van der Waals surface area contributed by atoms with E-state index in [9.17, 15) is 52.7 Å². The highest BCUT2D eigenvalue weighted by Crippen LogP contribution is 2.45. The van der Waals surface area contributed by atoms with E-state index in [0.717, 1.165) is 0 Å². The van der Waals surface area contributed by atoms with Crippen LogP contribution in [-0.4, -0.2) is 36.9 Å². The molecule has 0 saturated carbocycles. The Morgan fingerprint density at radius 1 is 0.478 bits per heavy atom. The molecule has 0 N–H and O–H groups in total. The average molecular weight is 374 g/mol. The monoisotopic (exact) mass is 374 g/mol. The predicted octanol–water partition coefficient (Wildman–Crippen LogP) is 5.26. The molecule has 2 atom stereocenters. The third-order valence-electron chi connectivity index (χ3n) is 2.78. The highest BCUT2D eigenvalue weighted by molar-refractivity contribution is 4.85. The molecule has 0 fully saturated rings. The summed E-state index contributed by atoms with van der Waals surface area (Å²) in [6.07, 6.45) is -29.8. The van der Waals surface area contributed by atoms with Crippen LogP contribution in [-0.2, 0) is 4.74 Å². The summed E-state index contributed by atoms with van der Waals surface area (Å²) in [6, 6.07) is 0. The number of ether oxygens (including phenoxy) is 1. The van der Waals surface area contributed by atoms with Gasteiger partial charge in [-0.1, -0.05) is 0 Å². The van der Waals surface area contributed by atoms with Crippen molar-refractivity contribution in [2.24, 2.45) is 11.8 Å². The Kier molecular flexibility index (Phi) is 6.30. The van der Waals surface area contributed by atoms with E-state index in [-0.39, 0.29) is 13.8 Å². The fourth-order valence-corrected chi connectivity index (χ4v) is 1.93. The van der Waals surface area contributed by atoms with Gasteiger partial charge in [0.15, 0.2) is 11.8 Å². The summed E-state index contributed by atoms with van der Waals surface area (Å²) in [5.74, 6) is -8.45. The molecule has 0 aromatic rings. The number of alkyl halides is 12. The van der Waals surface area contributed by atoms with Crippen LogP contribution in [0.25, 0.3) is 0 Å². The van der Waals surface area contributed by atoms with Crippen LogP contribution in [0.1, 0.15) is 13.8 Å². The summed E-state index contributed by atoms with van der Waals surface area (Å²) in [6.45, 7) is 0.206. The topological polar surface area (TPSA) is 9.23 Å². The Hall–Kier alpha value is -0.880. The van der Waals surface area contributed by atoms with Crippen LogP contribution in [0.2, 0.25) is 0 Å². The lowest BCUT2D eigenvalue weighted by Gasteiger charge is -2.34. The maximum absolute atomic E-state index is 12.3. The van der Waals surface area contributed by atoms with Gasteiger partial charge < -0.3 is 4.74 Å². The molecule has 0 aliphatic heterocycles. The van der Waals surface area contributed by atoms with E-state index in [1.807, 2.05) is 0 Å². The first kappa shape index (κ1) is 22.1. The second-order valence-corrected chi connectivity index (χ2v) is 4.67. The van der Waals surface area contributed by atoms with E-state index in [2.05, 4.69) is 4.74 Å². The van der Waals surface area contributed by atoms with Gasteiger partial charge in [-0.3, -0.25) is 0 Å². The van der Waals surface area contributed by atoms with Crippen molar-refractivity contribution in [1.29, 1.82) is 0 Å². The van der Waals surface area contributed by atoms with Gasteiger partial charge in [0.2, 0.25) is 0 Å². The number of halogens is 12. The van der Waals surface area contributed by atoms with E-state index in [1.165, 1.54) is 0 Å². The number of hydrogen-bond donors (Lipinski definition) is 0. The third kappa shape index (κ3) is 6.26. The summed E-state index contributed by atoms with van der Waals surface area (Å²) in [5.41, 5.74) is 0. The van der Waals surface area contributed by atoms with Crippen LogP contribution in [0.15, 0.2) is 0 Å². The minimum Gasteiger partial charge on any atom is -0.374 e. The SMILES string of the molecule is CC(OC(C)C(C(F)(F)F)C(F)(F)F)C(C(F)(F)F)C(F)(F)F. The number of rotatable bonds is 4. The smallest absolute Gasteiger partial charge is 0.374 e. The maximum atomic E-state index is 12.3. The van der Waals surface area contributed by atoms with Crippen molar-refractivity contribution >= 4 is 0 Å². The van der Waals surface area contributed by atoms with E-state index >= 15 is 0 Å². The van der Waals surface area contributed by atoms with E-state index in [0.29, 0.717) is 0 Å². The average Bonchev–Trinajstić information content (AvgIpc) is 2.04. The Morgan fingerprint density at radius 3 is 0.783 bits per heavy atom. The fourth-order valence-electron chi connectivity index (χ4n) is 1.93. The first-order valence-corrected chi connectivity index (χ1v) is 5.72. The molecule has 0 aromatic heterocycles. The molecule has 0 aliphatic rings. The molecule has 1 nitrogen and oxygen atoms in total. The van der Waals surface area contributed by atoms with Gasteiger partial charge in [0, 0.05) is 0 Å². The van der Waals surface area contributed by atoms with E-state index < -0.39 is 48.7 Å². The van der Waals surface area contributed by atoms with Gasteiger partial charge >= 0.3 is 24.7 Å². The lowest BCUT2D eigenvalue weighted by atomic mass is 9.99. The Balaban J connectivity index is 5.44. The molecule has 0 saturated heterocycles. The van der Waals surface area contributed by atoms with Crippen molar-refractivity contribution in [3.05, 3.63) is 0 Å². The summed E-state index contributed by atoms with van der Waals surface area (Å²) >= 11 is 0. The predicted molar refractivity (Wildman–Crippen MR) is 51.2 cm³/mol.